The second kappa shape index (κ2) is 9.60. The number of halogens is 3. The molecule has 0 bridgehead atoms. The van der Waals surface area contributed by atoms with E-state index in [1.54, 1.807) is 25.1 Å². The minimum atomic E-state index is -0.979. The van der Waals surface area contributed by atoms with Gasteiger partial charge < -0.3 is 15.3 Å². The summed E-state index contributed by atoms with van der Waals surface area (Å²) in [6, 6.07) is 15.3. The van der Waals surface area contributed by atoms with Crippen LogP contribution in [0.4, 0.5) is 0 Å². The van der Waals surface area contributed by atoms with Gasteiger partial charge in [-0.1, -0.05) is 65.7 Å². The Hall–Kier alpha value is -1.79. The number of amides is 1. The fraction of sp³-hybridized carbons (Fsp3) is 0.417. The summed E-state index contributed by atoms with van der Waals surface area (Å²) in [6.45, 7) is 3.80. The first-order valence-electron chi connectivity index (χ1n) is 10.5. The van der Waals surface area contributed by atoms with Crippen molar-refractivity contribution in [2.24, 2.45) is 5.92 Å². The van der Waals surface area contributed by atoms with Crippen molar-refractivity contribution in [1.29, 1.82) is 0 Å². The van der Waals surface area contributed by atoms with E-state index in [1.807, 2.05) is 18.2 Å². The molecule has 172 valence electrons. The first-order valence-corrected chi connectivity index (χ1v) is 11.3. The third-order valence-corrected chi connectivity index (χ3v) is 7.67. The summed E-state index contributed by atoms with van der Waals surface area (Å²) in [5.41, 5.74) is 0.357. The predicted molar refractivity (Wildman–Crippen MR) is 129 cm³/mol. The lowest BCUT2D eigenvalue weighted by Gasteiger charge is -2.43. The molecule has 2 atom stereocenters. The normalized spacial score (nSPS) is 24.3. The van der Waals surface area contributed by atoms with Gasteiger partial charge >= 0.3 is 5.97 Å². The zero-order valence-corrected chi connectivity index (χ0v) is 20.1. The highest BCUT2D eigenvalue weighted by Gasteiger charge is 2.62. The van der Waals surface area contributed by atoms with Crippen molar-refractivity contribution in [3.63, 3.8) is 0 Å². The van der Waals surface area contributed by atoms with Crippen molar-refractivity contribution >= 4 is 47.5 Å². The molecular formula is C24H27Cl3N2O3. The number of hydrogen-bond acceptors (Lipinski definition) is 3. The third-order valence-electron chi connectivity index (χ3n) is 6.85. The number of likely N-dealkylation sites (tertiary alicyclic amines) is 1. The molecule has 2 aromatic rings. The second-order valence-electron chi connectivity index (χ2n) is 8.71. The number of benzene rings is 2. The molecule has 1 saturated heterocycles. The van der Waals surface area contributed by atoms with Crippen LogP contribution in [0.2, 0.25) is 10.0 Å². The summed E-state index contributed by atoms with van der Waals surface area (Å²) in [7, 11) is 0. The minimum absolute atomic E-state index is 0. The molecule has 2 aliphatic rings. The number of hydrogen-bond donors (Lipinski definition) is 2. The number of carboxylic acid groups (broad SMARTS) is 1. The quantitative estimate of drug-likeness (QED) is 0.596. The monoisotopic (exact) mass is 496 g/mol. The van der Waals surface area contributed by atoms with Crippen LogP contribution in [0.25, 0.3) is 0 Å². The number of carbonyl (C=O) groups is 2. The molecule has 2 aromatic carbocycles. The van der Waals surface area contributed by atoms with Crippen LogP contribution < -0.4 is 5.32 Å². The number of nitrogens with zero attached hydrogens (tertiary/aromatic N) is 1. The smallest absolute Gasteiger partial charge is 0.314 e. The summed E-state index contributed by atoms with van der Waals surface area (Å²) in [5, 5.41) is 13.9. The second-order valence-corrected chi connectivity index (χ2v) is 9.49. The van der Waals surface area contributed by atoms with Gasteiger partial charge in [-0.05, 0) is 42.4 Å². The molecule has 4 rings (SSSR count). The highest BCUT2D eigenvalue weighted by Crippen LogP contribution is 2.57. The average molecular weight is 498 g/mol. The van der Waals surface area contributed by atoms with Gasteiger partial charge in [-0.25, -0.2) is 0 Å². The Morgan fingerprint density at radius 1 is 1.09 bits per heavy atom. The van der Waals surface area contributed by atoms with E-state index in [-0.39, 0.29) is 29.8 Å². The molecule has 1 heterocycles. The Morgan fingerprint density at radius 3 is 2.34 bits per heavy atom. The molecule has 2 N–H and O–H groups in total. The number of rotatable bonds is 6. The van der Waals surface area contributed by atoms with E-state index in [2.05, 4.69) is 22.3 Å². The fourth-order valence-electron chi connectivity index (χ4n) is 5.11. The number of carboxylic acids is 1. The Bertz CT molecular complexity index is 993. The van der Waals surface area contributed by atoms with Crippen LogP contribution in [0.3, 0.4) is 0 Å². The largest absolute Gasteiger partial charge is 0.481 e. The highest BCUT2D eigenvalue weighted by atomic mass is 35.5. The zero-order chi connectivity index (χ0) is 22.2. The van der Waals surface area contributed by atoms with E-state index >= 15 is 0 Å². The fourth-order valence-corrected chi connectivity index (χ4v) is 5.58. The number of piperidine rings is 1. The third kappa shape index (κ3) is 4.49. The molecule has 0 spiro atoms. The molecule has 0 radical (unpaired) electrons. The molecule has 32 heavy (non-hydrogen) atoms. The maximum Gasteiger partial charge on any atom is 0.314 e. The van der Waals surface area contributed by atoms with Gasteiger partial charge in [0.2, 0.25) is 5.91 Å². The molecular weight excluding hydrogens is 471 g/mol. The van der Waals surface area contributed by atoms with Gasteiger partial charge in [0.05, 0.1) is 21.0 Å². The highest BCUT2D eigenvalue weighted by molar-refractivity contribution is 6.42. The van der Waals surface area contributed by atoms with Crippen LogP contribution in [0.15, 0.2) is 48.5 Å². The topological polar surface area (TPSA) is 69.6 Å². The number of carbonyl (C=O) groups excluding carboxylic acids is 1. The Morgan fingerprint density at radius 2 is 1.75 bits per heavy atom. The lowest BCUT2D eigenvalue weighted by Crippen LogP contribution is -2.53. The summed E-state index contributed by atoms with van der Waals surface area (Å²) in [5.74, 6) is -0.915. The SMILES string of the molecule is CC(=O)NC1(c2ccccc2)CCN(C[C@@H]2C[C@@]2(C(=O)O)c2cccc(Cl)c2Cl)CC1.Cl. The molecule has 1 aliphatic carbocycles. The van der Waals surface area contributed by atoms with Crippen molar-refractivity contribution in [2.45, 2.75) is 37.1 Å². The van der Waals surface area contributed by atoms with E-state index in [1.165, 1.54) is 0 Å². The van der Waals surface area contributed by atoms with E-state index in [4.69, 9.17) is 23.2 Å². The van der Waals surface area contributed by atoms with Gasteiger partial charge in [0.25, 0.3) is 0 Å². The van der Waals surface area contributed by atoms with Crippen LogP contribution in [0.1, 0.15) is 37.3 Å². The summed E-state index contributed by atoms with van der Waals surface area (Å²) >= 11 is 12.5. The first kappa shape index (κ1) is 24.8. The van der Waals surface area contributed by atoms with Crippen LogP contribution in [0, 0.1) is 5.92 Å². The summed E-state index contributed by atoms with van der Waals surface area (Å²) in [4.78, 5) is 26.5. The van der Waals surface area contributed by atoms with Gasteiger partial charge in [-0.3, -0.25) is 9.59 Å². The van der Waals surface area contributed by atoms with Gasteiger partial charge in [-0.2, -0.15) is 0 Å². The molecule has 1 aliphatic heterocycles. The van der Waals surface area contributed by atoms with E-state index in [0.717, 1.165) is 31.5 Å². The first-order chi connectivity index (χ1) is 14.8. The number of aliphatic carboxylic acids is 1. The molecule has 2 fully saturated rings. The summed E-state index contributed by atoms with van der Waals surface area (Å²) in [6.07, 6.45) is 2.11. The average Bonchev–Trinajstić information content (AvgIpc) is 3.47. The van der Waals surface area contributed by atoms with E-state index in [9.17, 15) is 14.7 Å². The van der Waals surface area contributed by atoms with Crippen LogP contribution in [-0.2, 0) is 20.5 Å². The van der Waals surface area contributed by atoms with Crippen molar-refractivity contribution < 1.29 is 14.7 Å². The zero-order valence-electron chi connectivity index (χ0n) is 17.8. The molecule has 8 heteroatoms. The van der Waals surface area contributed by atoms with Gasteiger partial charge in [0, 0.05) is 26.6 Å². The van der Waals surface area contributed by atoms with Crippen molar-refractivity contribution in [2.75, 3.05) is 19.6 Å². The Balaban J connectivity index is 0.00000289. The van der Waals surface area contributed by atoms with Crippen molar-refractivity contribution in [1.82, 2.24) is 10.2 Å². The molecule has 5 nitrogen and oxygen atoms in total. The lowest BCUT2D eigenvalue weighted by atomic mass is 9.80. The van der Waals surface area contributed by atoms with Crippen molar-refractivity contribution in [3.8, 4) is 0 Å². The van der Waals surface area contributed by atoms with Crippen LogP contribution in [0.5, 0.6) is 0 Å². The van der Waals surface area contributed by atoms with Crippen LogP contribution >= 0.6 is 35.6 Å². The molecule has 1 amide bonds. The Labute approximate surface area is 204 Å². The standard InChI is InChI=1S/C24H26Cl2N2O3.ClH/c1-16(29)27-23(17-6-3-2-4-7-17)10-12-28(13-11-23)15-18-14-24(18,22(30)31)19-8-5-9-20(25)21(19)26;/h2-9,18H,10-15H2,1H3,(H,27,29)(H,30,31);1H/t18-,24-;/m0./s1. The van der Waals surface area contributed by atoms with Crippen molar-refractivity contribution in [3.05, 3.63) is 69.7 Å². The van der Waals surface area contributed by atoms with E-state index < -0.39 is 11.4 Å². The molecule has 0 aromatic heterocycles. The molecule has 0 unspecified atom stereocenters. The van der Waals surface area contributed by atoms with Gasteiger partial charge in [-0.15, -0.1) is 12.4 Å². The molecule has 1 saturated carbocycles. The predicted octanol–water partition coefficient (Wildman–Crippen LogP) is 4.88. The number of nitrogens with one attached hydrogen (secondary N) is 1. The Kier molecular flexibility index (Phi) is 7.45. The maximum absolute atomic E-state index is 12.2. The lowest BCUT2D eigenvalue weighted by molar-refractivity contribution is -0.140. The van der Waals surface area contributed by atoms with E-state index in [0.29, 0.717) is 28.6 Å². The summed E-state index contributed by atoms with van der Waals surface area (Å²) < 4.78 is 0. The maximum atomic E-state index is 12.2. The van der Waals surface area contributed by atoms with Gasteiger partial charge in [0.1, 0.15) is 0 Å². The van der Waals surface area contributed by atoms with Crippen LogP contribution in [-0.4, -0.2) is 41.5 Å². The van der Waals surface area contributed by atoms with Gasteiger partial charge in [0.15, 0.2) is 0 Å². The minimum Gasteiger partial charge on any atom is -0.481 e.